The fraction of sp³-hybridized carbons (Fsp3) is 0.929. The van der Waals surface area contributed by atoms with Crippen LogP contribution in [0.1, 0.15) is 39.5 Å². The zero-order valence-electron chi connectivity index (χ0n) is 12.7. The van der Waals surface area contributed by atoms with Crippen LogP contribution in [-0.4, -0.2) is 60.5 Å². The molecule has 0 aromatic carbocycles. The number of carbonyl (C=O) groups is 1. The van der Waals surface area contributed by atoms with Crippen molar-refractivity contribution in [1.29, 1.82) is 0 Å². The van der Waals surface area contributed by atoms with E-state index < -0.39 is 11.4 Å². The number of primary amides is 1. The molecule has 0 bridgehead atoms. The quantitative estimate of drug-likeness (QED) is 0.685. The maximum absolute atomic E-state index is 11.1. The number of rotatable bonds is 6. The third-order valence-corrected chi connectivity index (χ3v) is 4.14. The summed E-state index contributed by atoms with van der Waals surface area (Å²) in [6.07, 6.45) is 3.93. The lowest BCUT2D eigenvalue weighted by atomic mass is 9.95. The first-order valence-corrected chi connectivity index (χ1v) is 7.34. The molecule has 1 aliphatic heterocycles. The molecule has 2 unspecified atom stereocenters. The second kappa shape index (κ2) is 7.22. The maximum atomic E-state index is 11.1. The second-order valence-electron chi connectivity index (χ2n) is 6.24. The van der Waals surface area contributed by atoms with Gasteiger partial charge in [0.1, 0.15) is 0 Å². The number of unbranched alkanes of at least 4 members (excludes halogenated alkanes) is 1. The zero-order chi connectivity index (χ0) is 14.5. The molecule has 1 heterocycles. The van der Waals surface area contributed by atoms with E-state index in [0.717, 1.165) is 25.9 Å². The van der Waals surface area contributed by atoms with E-state index in [-0.39, 0.29) is 0 Å². The van der Waals surface area contributed by atoms with E-state index >= 15 is 0 Å². The smallest absolute Gasteiger partial charge is 0.237 e. The SMILES string of the molecule is CC1CN(C)CCCN1CCCCC(C)(N)C(N)=O. The molecule has 5 heteroatoms. The summed E-state index contributed by atoms with van der Waals surface area (Å²) < 4.78 is 0. The molecular weight excluding hydrogens is 240 g/mol. The minimum Gasteiger partial charge on any atom is -0.368 e. The van der Waals surface area contributed by atoms with Crippen molar-refractivity contribution in [3.8, 4) is 0 Å². The first-order valence-electron chi connectivity index (χ1n) is 7.34. The van der Waals surface area contributed by atoms with Gasteiger partial charge in [-0.2, -0.15) is 0 Å². The Labute approximate surface area is 117 Å². The second-order valence-corrected chi connectivity index (χ2v) is 6.24. The predicted octanol–water partition coefficient (Wildman–Crippen LogP) is 0.385. The van der Waals surface area contributed by atoms with Crippen LogP contribution in [0.5, 0.6) is 0 Å². The highest BCUT2D eigenvalue weighted by Gasteiger charge is 2.25. The summed E-state index contributed by atoms with van der Waals surface area (Å²) in [6.45, 7) is 8.58. The number of hydrogen-bond acceptors (Lipinski definition) is 4. The predicted molar refractivity (Wildman–Crippen MR) is 78.8 cm³/mol. The normalized spacial score (nSPS) is 25.8. The summed E-state index contributed by atoms with van der Waals surface area (Å²) in [6, 6.07) is 0.605. The fourth-order valence-electron chi connectivity index (χ4n) is 2.68. The highest BCUT2D eigenvalue weighted by atomic mass is 16.1. The van der Waals surface area contributed by atoms with Crippen LogP contribution in [0, 0.1) is 0 Å². The summed E-state index contributed by atoms with van der Waals surface area (Å²) in [5.41, 5.74) is 10.3. The van der Waals surface area contributed by atoms with Gasteiger partial charge in [-0.25, -0.2) is 0 Å². The monoisotopic (exact) mass is 270 g/mol. The van der Waals surface area contributed by atoms with Crippen LogP contribution in [0.2, 0.25) is 0 Å². The Kier molecular flexibility index (Phi) is 6.23. The third kappa shape index (κ3) is 5.47. The van der Waals surface area contributed by atoms with Crippen molar-refractivity contribution < 1.29 is 4.79 Å². The van der Waals surface area contributed by atoms with Crippen LogP contribution in [0.25, 0.3) is 0 Å². The van der Waals surface area contributed by atoms with E-state index in [0.29, 0.717) is 12.5 Å². The summed E-state index contributed by atoms with van der Waals surface area (Å²) in [7, 11) is 2.19. The third-order valence-electron chi connectivity index (χ3n) is 4.14. The van der Waals surface area contributed by atoms with Crippen LogP contribution in [0.3, 0.4) is 0 Å². The minimum absolute atomic E-state index is 0.405. The number of amides is 1. The number of nitrogens with zero attached hydrogens (tertiary/aromatic N) is 2. The van der Waals surface area contributed by atoms with E-state index in [1.165, 1.54) is 19.5 Å². The molecule has 0 aliphatic carbocycles. The lowest BCUT2D eigenvalue weighted by Gasteiger charge is -2.28. The van der Waals surface area contributed by atoms with Crippen molar-refractivity contribution in [2.75, 3.05) is 33.2 Å². The Morgan fingerprint density at radius 1 is 1.37 bits per heavy atom. The highest BCUT2D eigenvalue weighted by molar-refractivity contribution is 5.83. The molecule has 1 saturated heterocycles. The fourth-order valence-corrected chi connectivity index (χ4v) is 2.68. The van der Waals surface area contributed by atoms with Gasteiger partial charge in [-0.1, -0.05) is 0 Å². The summed E-state index contributed by atoms with van der Waals surface area (Å²) in [4.78, 5) is 16.1. The average molecular weight is 270 g/mol. The van der Waals surface area contributed by atoms with Crippen molar-refractivity contribution in [3.63, 3.8) is 0 Å². The van der Waals surface area contributed by atoms with Gasteiger partial charge < -0.3 is 16.4 Å². The zero-order valence-corrected chi connectivity index (χ0v) is 12.7. The number of carbonyl (C=O) groups excluding carboxylic acids is 1. The van der Waals surface area contributed by atoms with Crippen molar-refractivity contribution in [2.45, 2.75) is 51.1 Å². The summed E-state index contributed by atoms with van der Waals surface area (Å²) in [5.74, 6) is -0.405. The molecule has 0 aromatic rings. The van der Waals surface area contributed by atoms with Crippen molar-refractivity contribution >= 4 is 5.91 Å². The Balaban J connectivity index is 2.27. The van der Waals surface area contributed by atoms with Crippen LogP contribution >= 0.6 is 0 Å². The van der Waals surface area contributed by atoms with Gasteiger partial charge >= 0.3 is 0 Å². The van der Waals surface area contributed by atoms with Gasteiger partial charge in [0.25, 0.3) is 0 Å². The molecular formula is C14H30N4O. The number of likely N-dealkylation sites (N-methyl/N-ethyl adjacent to an activating group) is 1. The van der Waals surface area contributed by atoms with E-state index in [1.54, 1.807) is 6.92 Å². The molecule has 1 aliphatic rings. The number of nitrogens with two attached hydrogens (primary N) is 2. The molecule has 4 N–H and O–H groups in total. The lowest BCUT2D eigenvalue weighted by molar-refractivity contribution is -0.122. The van der Waals surface area contributed by atoms with Crippen LogP contribution in [0.4, 0.5) is 0 Å². The van der Waals surface area contributed by atoms with Gasteiger partial charge in [-0.3, -0.25) is 9.69 Å². The van der Waals surface area contributed by atoms with Crippen LogP contribution in [-0.2, 0) is 4.79 Å². The highest BCUT2D eigenvalue weighted by Crippen LogP contribution is 2.13. The van der Waals surface area contributed by atoms with Gasteiger partial charge in [-0.15, -0.1) is 0 Å². The summed E-state index contributed by atoms with van der Waals surface area (Å²) in [5, 5.41) is 0. The molecule has 5 nitrogen and oxygen atoms in total. The Hall–Kier alpha value is -0.650. The molecule has 112 valence electrons. The number of hydrogen-bond donors (Lipinski definition) is 2. The van der Waals surface area contributed by atoms with E-state index in [4.69, 9.17) is 11.5 Å². The maximum Gasteiger partial charge on any atom is 0.237 e. The minimum atomic E-state index is -0.857. The van der Waals surface area contributed by atoms with Gasteiger partial charge in [0.05, 0.1) is 5.54 Å². The molecule has 1 amide bonds. The average Bonchev–Trinajstić information content (AvgIpc) is 2.46. The summed E-state index contributed by atoms with van der Waals surface area (Å²) >= 11 is 0. The molecule has 0 radical (unpaired) electrons. The Bertz CT molecular complexity index is 293. The van der Waals surface area contributed by atoms with Crippen LogP contribution in [0.15, 0.2) is 0 Å². The molecule has 0 saturated carbocycles. The molecule has 0 aromatic heterocycles. The van der Waals surface area contributed by atoms with Gasteiger partial charge in [0.2, 0.25) is 5.91 Å². The molecule has 0 spiro atoms. The van der Waals surface area contributed by atoms with Crippen molar-refractivity contribution in [3.05, 3.63) is 0 Å². The Morgan fingerprint density at radius 2 is 2.05 bits per heavy atom. The molecule has 1 rings (SSSR count). The lowest BCUT2D eigenvalue weighted by Crippen LogP contribution is -2.49. The van der Waals surface area contributed by atoms with Gasteiger partial charge in [0, 0.05) is 12.6 Å². The largest absolute Gasteiger partial charge is 0.368 e. The molecule has 2 atom stereocenters. The first-order chi connectivity index (χ1) is 8.83. The van der Waals surface area contributed by atoms with E-state index in [9.17, 15) is 4.79 Å². The molecule has 1 fully saturated rings. The van der Waals surface area contributed by atoms with E-state index in [2.05, 4.69) is 23.8 Å². The van der Waals surface area contributed by atoms with Crippen molar-refractivity contribution in [1.82, 2.24) is 9.80 Å². The Morgan fingerprint density at radius 3 is 2.68 bits per heavy atom. The molecule has 19 heavy (non-hydrogen) atoms. The first kappa shape index (κ1) is 16.4. The topological polar surface area (TPSA) is 75.6 Å². The standard InChI is InChI=1S/C14H30N4O/c1-12-11-17(3)8-6-10-18(12)9-5-4-7-14(2,16)13(15)19/h12H,4-11,16H2,1-3H3,(H2,15,19). The van der Waals surface area contributed by atoms with E-state index in [1.807, 2.05) is 0 Å². The van der Waals surface area contributed by atoms with Gasteiger partial charge in [-0.05, 0) is 66.2 Å². The van der Waals surface area contributed by atoms with Crippen molar-refractivity contribution in [2.24, 2.45) is 11.5 Å². The van der Waals surface area contributed by atoms with Crippen LogP contribution < -0.4 is 11.5 Å². The van der Waals surface area contributed by atoms with Gasteiger partial charge in [0.15, 0.2) is 0 Å².